The molecule has 23 heavy (non-hydrogen) atoms. The summed E-state index contributed by atoms with van der Waals surface area (Å²) in [6, 6.07) is 14.1. The molecule has 0 saturated carbocycles. The second-order valence-electron chi connectivity index (χ2n) is 4.50. The van der Waals surface area contributed by atoms with Crippen molar-refractivity contribution in [1.29, 1.82) is 0 Å². The van der Waals surface area contributed by atoms with E-state index in [1.807, 2.05) is 24.3 Å². The van der Waals surface area contributed by atoms with Gasteiger partial charge in [-0.15, -0.1) is 11.3 Å². The summed E-state index contributed by atoms with van der Waals surface area (Å²) in [5.41, 5.74) is 1.33. The summed E-state index contributed by atoms with van der Waals surface area (Å²) < 4.78 is 30.1. The first kappa shape index (κ1) is 15.4. The highest BCUT2D eigenvalue weighted by Gasteiger charge is 2.07. The molecule has 0 amide bonds. The molecule has 0 N–H and O–H groups in total. The number of fused-ring (bicyclic) bond motifs is 1. The van der Waals surface area contributed by atoms with E-state index in [9.17, 15) is 8.78 Å². The number of hydrogen-bond acceptors (Lipinski definition) is 5. The van der Waals surface area contributed by atoms with Gasteiger partial charge in [0, 0.05) is 5.56 Å². The fourth-order valence-electron chi connectivity index (χ4n) is 1.96. The number of rotatable bonds is 6. The zero-order chi connectivity index (χ0) is 16.1. The highest BCUT2D eigenvalue weighted by Crippen LogP contribution is 2.22. The molecule has 4 nitrogen and oxygen atoms in total. The van der Waals surface area contributed by atoms with Crippen molar-refractivity contribution in [2.24, 2.45) is 5.16 Å². The molecule has 3 rings (SSSR count). The average Bonchev–Trinajstić information content (AvgIpc) is 2.95. The van der Waals surface area contributed by atoms with Crippen LogP contribution >= 0.6 is 11.3 Å². The minimum absolute atomic E-state index is 0.0508. The number of benzene rings is 2. The molecule has 0 spiro atoms. The molecule has 118 valence electrons. The normalized spacial score (nSPS) is 11.4. The number of oxime groups is 1. The van der Waals surface area contributed by atoms with Gasteiger partial charge in [0.05, 0.1) is 16.4 Å². The van der Waals surface area contributed by atoms with Crippen LogP contribution in [0, 0.1) is 0 Å². The van der Waals surface area contributed by atoms with Gasteiger partial charge >= 0.3 is 6.61 Å². The lowest BCUT2D eigenvalue weighted by atomic mass is 10.2. The summed E-state index contributed by atoms with van der Waals surface area (Å²) in [6.45, 7) is -2.67. The van der Waals surface area contributed by atoms with Gasteiger partial charge in [-0.3, -0.25) is 0 Å². The summed E-state index contributed by atoms with van der Waals surface area (Å²) in [5, 5.41) is 4.58. The van der Waals surface area contributed by atoms with E-state index in [1.165, 1.54) is 23.6 Å². The number of alkyl halides is 2. The van der Waals surface area contributed by atoms with Crippen LogP contribution in [0.3, 0.4) is 0 Å². The standard InChI is InChI=1S/C16H12F2N2O2S/c17-16(18)22-13-7-3-1-5-11(13)9-19-21-10-15-20-12-6-2-4-8-14(12)23-15/h1-9,16H,10H2/b19-9-. The first-order valence-corrected chi connectivity index (χ1v) is 7.57. The predicted molar refractivity (Wildman–Crippen MR) is 85.1 cm³/mol. The molecule has 2 aromatic carbocycles. The molecule has 0 aliphatic carbocycles. The summed E-state index contributed by atoms with van der Waals surface area (Å²) in [4.78, 5) is 9.60. The van der Waals surface area contributed by atoms with Crippen LogP contribution in [0.2, 0.25) is 0 Å². The maximum absolute atomic E-state index is 12.3. The van der Waals surface area contributed by atoms with Gasteiger partial charge in [0.2, 0.25) is 0 Å². The van der Waals surface area contributed by atoms with Crippen LogP contribution < -0.4 is 4.74 Å². The van der Waals surface area contributed by atoms with Crippen molar-refractivity contribution in [2.45, 2.75) is 13.2 Å². The number of aromatic nitrogens is 1. The van der Waals surface area contributed by atoms with E-state index in [1.54, 1.807) is 18.2 Å². The number of ether oxygens (including phenoxy) is 1. The van der Waals surface area contributed by atoms with Gasteiger partial charge in [-0.25, -0.2) is 4.98 Å². The molecule has 0 radical (unpaired) electrons. The molecule has 0 fully saturated rings. The molecule has 1 aromatic heterocycles. The third kappa shape index (κ3) is 4.01. The van der Waals surface area contributed by atoms with Crippen LogP contribution in [-0.2, 0) is 11.4 Å². The van der Waals surface area contributed by atoms with Gasteiger partial charge in [0.15, 0.2) is 6.61 Å². The van der Waals surface area contributed by atoms with Crippen LogP contribution in [0.5, 0.6) is 5.75 Å². The molecule has 0 unspecified atom stereocenters. The van der Waals surface area contributed by atoms with Gasteiger partial charge in [-0.1, -0.05) is 29.4 Å². The van der Waals surface area contributed by atoms with E-state index in [0.29, 0.717) is 5.56 Å². The minimum Gasteiger partial charge on any atom is -0.434 e. The van der Waals surface area contributed by atoms with Crippen molar-refractivity contribution >= 4 is 27.8 Å². The zero-order valence-electron chi connectivity index (χ0n) is 11.9. The van der Waals surface area contributed by atoms with Crippen molar-refractivity contribution in [2.75, 3.05) is 0 Å². The Morgan fingerprint density at radius 3 is 2.74 bits per heavy atom. The maximum atomic E-state index is 12.3. The average molecular weight is 334 g/mol. The second kappa shape index (κ2) is 7.15. The molecule has 0 aliphatic heterocycles. The summed E-state index contributed by atoms with van der Waals surface area (Å²) in [5.74, 6) is 0.0508. The van der Waals surface area contributed by atoms with Crippen molar-refractivity contribution < 1.29 is 18.4 Å². The van der Waals surface area contributed by atoms with Gasteiger partial charge in [-0.05, 0) is 24.3 Å². The van der Waals surface area contributed by atoms with E-state index in [2.05, 4.69) is 14.9 Å². The molecule has 0 atom stereocenters. The summed E-state index contributed by atoms with van der Waals surface area (Å²) in [7, 11) is 0. The Morgan fingerprint density at radius 2 is 1.91 bits per heavy atom. The van der Waals surface area contributed by atoms with E-state index in [0.717, 1.165) is 15.2 Å². The van der Waals surface area contributed by atoms with Crippen molar-refractivity contribution in [1.82, 2.24) is 4.98 Å². The Morgan fingerprint density at radius 1 is 1.13 bits per heavy atom. The number of halogens is 2. The fraction of sp³-hybridized carbons (Fsp3) is 0.125. The van der Waals surface area contributed by atoms with Crippen molar-refractivity contribution in [3.05, 3.63) is 59.1 Å². The molecule has 7 heteroatoms. The highest BCUT2D eigenvalue weighted by molar-refractivity contribution is 7.18. The molecule has 3 aromatic rings. The van der Waals surface area contributed by atoms with E-state index >= 15 is 0 Å². The Kier molecular flexibility index (Phi) is 4.77. The van der Waals surface area contributed by atoms with Gasteiger partial charge in [0.1, 0.15) is 10.8 Å². The number of thiazole rings is 1. The van der Waals surface area contributed by atoms with E-state index < -0.39 is 6.61 Å². The van der Waals surface area contributed by atoms with Crippen LogP contribution in [-0.4, -0.2) is 17.8 Å². The largest absolute Gasteiger partial charge is 0.434 e. The Bertz CT molecular complexity index is 787. The summed E-state index contributed by atoms with van der Waals surface area (Å²) in [6.07, 6.45) is 1.34. The van der Waals surface area contributed by atoms with E-state index in [4.69, 9.17) is 4.84 Å². The third-order valence-corrected chi connectivity index (χ3v) is 3.94. The van der Waals surface area contributed by atoms with Crippen LogP contribution in [0.15, 0.2) is 53.7 Å². The van der Waals surface area contributed by atoms with Crippen molar-refractivity contribution in [3.63, 3.8) is 0 Å². The fourth-order valence-corrected chi connectivity index (χ4v) is 2.83. The van der Waals surface area contributed by atoms with Crippen LogP contribution in [0.1, 0.15) is 10.6 Å². The number of hydrogen-bond donors (Lipinski definition) is 0. The number of nitrogens with zero attached hydrogens (tertiary/aromatic N) is 2. The van der Waals surface area contributed by atoms with Crippen LogP contribution in [0.4, 0.5) is 8.78 Å². The molecule has 0 saturated heterocycles. The predicted octanol–water partition coefficient (Wildman–Crippen LogP) is 4.45. The summed E-state index contributed by atoms with van der Waals surface area (Å²) >= 11 is 1.52. The number of para-hydroxylation sites is 2. The lowest BCUT2D eigenvalue weighted by molar-refractivity contribution is -0.0499. The lowest BCUT2D eigenvalue weighted by Crippen LogP contribution is -2.04. The van der Waals surface area contributed by atoms with Gasteiger partial charge < -0.3 is 9.57 Å². The lowest BCUT2D eigenvalue weighted by Gasteiger charge is -2.06. The molecular formula is C16H12F2N2O2S. The smallest absolute Gasteiger partial charge is 0.387 e. The Hall–Kier alpha value is -2.54. The highest BCUT2D eigenvalue weighted by atomic mass is 32.1. The Balaban J connectivity index is 1.63. The minimum atomic E-state index is -2.88. The SMILES string of the molecule is FC(F)Oc1ccccc1/C=N\OCc1nc2ccccc2s1. The Labute approximate surface area is 135 Å². The molecule has 1 heterocycles. The quantitative estimate of drug-likeness (QED) is 0.494. The zero-order valence-corrected chi connectivity index (χ0v) is 12.7. The molecule has 0 aliphatic rings. The second-order valence-corrected chi connectivity index (χ2v) is 5.61. The first-order chi connectivity index (χ1) is 11.2. The maximum Gasteiger partial charge on any atom is 0.387 e. The monoisotopic (exact) mass is 334 g/mol. The van der Waals surface area contributed by atoms with Crippen LogP contribution in [0.25, 0.3) is 10.2 Å². The van der Waals surface area contributed by atoms with Crippen molar-refractivity contribution in [3.8, 4) is 5.75 Å². The van der Waals surface area contributed by atoms with Gasteiger partial charge in [0.25, 0.3) is 0 Å². The third-order valence-electron chi connectivity index (χ3n) is 2.93. The molecular weight excluding hydrogens is 322 g/mol. The topological polar surface area (TPSA) is 43.7 Å². The first-order valence-electron chi connectivity index (χ1n) is 6.76. The van der Waals surface area contributed by atoms with E-state index in [-0.39, 0.29) is 12.4 Å². The van der Waals surface area contributed by atoms with Gasteiger partial charge in [-0.2, -0.15) is 8.78 Å². The molecule has 0 bridgehead atoms.